The molecule has 0 aliphatic carbocycles. The molecular formula is C32H12Cl8O6P-. The van der Waals surface area contributed by atoms with Gasteiger partial charge in [-0.2, -0.15) is 0 Å². The van der Waals surface area contributed by atoms with Gasteiger partial charge in [0.25, 0.3) is 0 Å². The van der Waals surface area contributed by atoms with Crippen LogP contribution in [0, 0.1) is 0 Å². The molecule has 0 N–H and O–H groups in total. The molecular weight excluding hydrogens is 795 g/mol. The van der Waals surface area contributed by atoms with Gasteiger partial charge in [0.15, 0.2) is 0 Å². The average molecular weight is 807 g/mol. The summed E-state index contributed by atoms with van der Waals surface area (Å²) in [5, 5.41) is 14.8. The third-order valence-corrected chi connectivity index (χ3v) is 13.6. The van der Waals surface area contributed by atoms with E-state index in [1.807, 2.05) is 60.7 Å². The Balaban J connectivity index is 1.51. The van der Waals surface area contributed by atoms with Crippen molar-refractivity contribution in [3.05, 3.63) is 113 Å². The molecule has 8 rings (SSSR count). The molecule has 1 spiro atoms. The number of benzene rings is 6. The first-order valence-electron chi connectivity index (χ1n) is 13.4. The van der Waals surface area contributed by atoms with Crippen LogP contribution in [0.4, 0.5) is 0 Å². The first-order chi connectivity index (χ1) is 22.4. The van der Waals surface area contributed by atoms with E-state index in [4.69, 9.17) is 115 Å². The van der Waals surface area contributed by atoms with E-state index in [1.54, 1.807) is 12.1 Å². The van der Waals surface area contributed by atoms with Crippen molar-refractivity contribution in [2.24, 2.45) is 0 Å². The second kappa shape index (κ2) is 10.9. The van der Waals surface area contributed by atoms with Crippen LogP contribution in [0.1, 0.15) is 0 Å². The van der Waals surface area contributed by atoms with Crippen molar-refractivity contribution in [3.63, 3.8) is 0 Å². The van der Waals surface area contributed by atoms with Gasteiger partial charge in [0.2, 0.25) is 0 Å². The van der Waals surface area contributed by atoms with E-state index in [0.29, 0.717) is 11.1 Å². The van der Waals surface area contributed by atoms with Gasteiger partial charge in [-0.25, -0.2) is 0 Å². The zero-order chi connectivity index (χ0) is 33.0. The summed E-state index contributed by atoms with van der Waals surface area (Å²) in [6, 6.07) is 22.4. The molecule has 0 fully saturated rings. The molecule has 6 aromatic carbocycles. The third-order valence-electron chi connectivity index (χ3n) is 7.61. The van der Waals surface area contributed by atoms with E-state index in [0.717, 1.165) is 21.5 Å². The molecule has 238 valence electrons. The normalized spacial score (nSPS) is 16.0. The summed E-state index contributed by atoms with van der Waals surface area (Å²) in [7, 11) is -5.84. The van der Waals surface area contributed by atoms with Crippen LogP contribution in [0.5, 0.6) is 34.5 Å². The van der Waals surface area contributed by atoms with Gasteiger partial charge < -0.3 is 0 Å². The second-order valence-electron chi connectivity index (χ2n) is 10.3. The van der Waals surface area contributed by atoms with Crippen LogP contribution in [0.3, 0.4) is 0 Å². The molecule has 47 heavy (non-hydrogen) atoms. The van der Waals surface area contributed by atoms with Gasteiger partial charge in [0.1, 0.15) is 0 Å². The molecule has 6 aromatic rings. The van der Waals surface area contributed by atoms with Crippen molar-refractivity contribution in [2.75, 3.05) is 0 Å². The Hall–Kier alpha value is -2.61. The summed E-state index contributed by atoms with van der Waals surface area (Å²) in [4.78, 5) is 0. The Labute approximate surface area is 306 Å². The van der Waals surface area contributed by atoms with Gasteiger partial charge in [0, 0.05) is 0 Å². The molecule has 2 heterocycles. The fourth-order valence-corrected chi connectivity index (χ4v) is 10.2. The summed E-state index contributed by atoms with van der Waals surface area (Å²) < 4.78 is 32.9. The summed E-state index contributed by atoms with van der Waals surface area (Å²) in [6.07, 6.45) is 0. The van der Waals surface area contributed by atoms with E-state index in [-0.39, 0.29) is 53.1 Å². The fraction of sp³-hybridized carbons (Fsp3) is 0. The molecule has 0 amide bonds. The van der Waals surface area contributed by atoms with Gasteiger partial charge in [-0.05, 0) is 0 Å². The number of hydrogen-bond acceptors (Lipinski definition) is 6. The predicted octanol–water partition coefficient (Wildman–Crippen LogP) is 13.4. The predicted molar refractivity (Wildman–Crippen MR) is 189 cm³/mol. The van der Waals surface area contributed by atoms with Crippen molar-refractivity contribution in [2.45, 2.75) is 0 Å². The van der Waals surface area contributed by atoms with Crippen LogP contribution in [0.2, 0.25) is 40.2 Å². The van der Waals surface area contributed by atoms with Crippen molar-refractivity contribution in [3.8, 4) is 45.6 Å². The van der Waals surface area contributed by atoms with Crippen LogP contribution in [-0.2, 0) is 0 Å². The third kappa shape index (κ3) is 4.58. The van der Waals surface area contributed by atoms with Crippen LogP contribution in [-0.4, -0.2) is 0 Å². The molecule has 0 atom stereocenters. The standard InChI is InChI=1S/C32H13Cl8O6P/c33-21-22(34)26(38)30(29(41)25(21)37)44-47(45-31-27(39)23(35)24(36)28(40)32(31)46-47)42-17-11-9-13-5-1-3-7-15(13)19(17)20-16-8-4-2-6-14(16)10-12-18(20)43-47/h1-12,41H/p-1. The van der Waals surface area contributed by atoms with E-state index < -0.39 is 29.3 Å². The number of rotatable bonds is 2. The van der Waals surface area contributed by atoms with Gasteiger partial charge in [-0.1, -0.05) is 0 Å². The van der Waals surface area contributed by atoms with Crippen LogP contribution in [0.15, 0.2) is 72.8 Å². The van der Waals surface area contributed by atoms with Crippen LogP contribution < -0.4 is 27.7 Å². The molecule has 0 saturated heterocycles. The molecule has 2 aliphatic rings. The maximum absolute atomic E-state index is 13.6. The minimum absolute atomic E-state index is 0.146. The first kappa shape index (κ1) is 31.6. The zero-order valence-electron chi connectivity index (χ0n) is 22.8. The zero-order valence-corrected chi connectivity index (χ0v) is 29.8. The molecule has 0 saturated carbocycles. The summed E-state index contributed by atoms with van der Waals surface area (Å²) >= 11 is 51.6. The van der Waals surface area contributed by atoms with E-state index in [2.05, 4.69) is 0 Å². The summed E-state index contributed by atoms with van der Waals surface area (Å²) in [5.41, 5.74) is 1.22. The molecule has 0 bridgehead atoms. The molecule has 2 aliphatic heterocycles. The van der Waals surface area contributed by atoms with Gasteiger partial charge in [-0.3, -0.25) is 0 Å². The Kier molecular flexibility index (Phi) is 7.37. The average Bonchev–Trinajstić information content (AvgIpc) is 3.35. The number of hydrogen-bond donors (Lipinski definition) is 0. The number of halogens is 8. The first-order valence-corrected chi connectivity index (χ1v) is 18.2. The fourth-order valence-electron chi connectivity index (χ4n) is 5.55. The van der Waals surface area contributed by atoms with Crippen molar-refractivity contribution < 1.29 is 27.7 Å². The Morgan fingerprint density at radius 3 is 1.38 bits per heavy atom. The summed E-state index contributed by atoms with van der Waals surface area (Å²) in [6.45, 7) is 0. The monoisotopic (exact) mass is 803 g/mol. The topological polar surface area (TPSA) is 69.2 Å². The molecule has 0 unspecified atom stereocenters. The summed E-state index contributed by atoms with van der Waals surface area (Å²) in [5.74, 6) is -1.70. The van der Waals surface area contributed by atoms with E-state index >= 15 is 0 Å². The van der Waals surface area contributed by atoms with Crippen molar-refractivity contribution in [1.29, 1.82) is 0 Å². The minimum atomic E-state index is -5.84. The van der Waals surface area contributed by atoms with E-state index in [9.17, 15) is 5.11 Å². The van der Waals surface area contributed by atoms with Crippen LogP contribution in [0.25, 0.3) is 32.7 Å². The maximum atomic E-state index is 13.6. The van der Waals surface area contributed by atoms with Gasteiger partial charge in [0.05, 0.1) is 0 Å². The molecule has 6 nitrogen and oxygen atoms in total. The SMILES string of the molecule is [O-]c1c(Cl)c(Cl)c(Cl)c(Cl)c1OP12(Oc3ccc4ccccc4c3-c3c(ccc4ccccc34)O1)Oc1c(Cl)c(Cl)c(Cl)c(Cl)c1O2. The molecule has 0 aromatic heterocycles. The Morgan fingerprint density at radius 1 is 0.468 bits per heavy atom. The molecule has 15 heteroatoms. The number of fused-ring (bicyclic) bond motifs is 8. The quantitative estimate of drug-likeness (QED) is 0.0986. The van der Waals surface area contributed by atoms with E-state index in [1.165, 1.54) is 0 Å². The second-order valence-corrected chi connectivity index (χ2v) is 15.8. The van der Waals surface area contributed by atoms with Crippen LogP contribution >= 0.6 is 101 Å². The Bertz CT molecular complexity index is 2230. The van der Waals surface area contributed by atoms with Gasteiger partial charge in [-0.15, -0.1) is 0 Å². The molecule has 0 radical (unpaired) electrons. The van der Waals surface area contributed by atoms with Crippen molar-refractivity contribution in [1.82, 2.24) is 0 Å². The van der Waals surface area contributed by atoms with Crippen molar-refractivity contribution >= 4 is 122 Å². The Morgan fingerprint density at radius 2 is 0.894 bits per heavy atom. The van der Waals surface area contributed by atoms with Gasteiger partial charge >= 0.3 is 308 Å².